The summed E-state index contributed by atoms with van der Waals surface area (Å²) >= 11 is 6.40. The van der Waals surface area contributed by atoms with E-state index < -0.39 is 29.5 Å². The van der Waals surface area contributed by atoms with Crippen LogP contribution in [0.15, 0.2) is 48.6 Å². The summed E-state index contributed by atoms with van der Waals surface area (Å²) in [6, 6.07) is 11.2. The summed E-state index contributed by atoms with van der Waals surface area (Å²) in [5.74, 6) is -2.13. The molecule has 1 fully saturated rings. The predicted octanol–water partition coefficient (Wildman–Crippen LogP) is 4.92. The van der Waals surface area contributed by atoms with E-state index >= 15 is 0 Å². The molecule has 0 saturated heterocycles. The fourth-order valence-electron chi connectivity index (χ4n) is 8.05. The minimum Gasteiger partial charge on any atom is -0.490 e. The van der Waals surface area contributed by atoms with Gasteiger partial charge in [0.15, 0.2) is 5.60 Å². The Morgan fingerprint density at radius 2 is 2.00 bits per heavy atom. The molecule has 44 heavy (non-hydrogen) atoms. The highest BCUT2D eigenvalue weighted by molar-refractivity contribution is 6.30. The molecule has 2 aliphatic carbocycles. The molecule has 2 bridgehead atoms. The van der Waals surface area contributed by atoms with E-state index in [4.69, 9.17) is 16.3 Å². The van der Waals surface area contributed by atoms with Crippen molar-refractivity contribution in [3.63, 3.8) is 0 Å². The molecule has 2 aromatic rings. The van der Waals surface area contributed by atoms with Crippen molar-refractivity contribution in [3.05, 3.63) is 70.3 Å². The van der Waals surface area contributed by atoms with Crippen molar-refractivity contribution >= 4 is 29.2 Å². The third-order valence-electron chi connectivity index (χ3n) is 10.7. The molecule has 6 rings (SSSR count). The van der Waals surface area contributed by atoms with Gasteiger partial charge in [-0.1, -0.05) is 42.8 Å². The monoisotopic (exact) mass is 622 g/mol. The molecule has 1 amide bonds. The number of nitrogens with zero attached hydrogens (tertiary/aromatic N) is 2. The number of carbonyl (C=O) groups is 2. The van der Waals surface area contributed by atoms with Crippen LogP contribution in [0.5, 0.6) is 5.75 Å². The van der Waals surface area contributed by atoms with Crippen LogP contribution in [0.4, 0.5) is 5.69 Å². The number of aliphatic carboxylic acids is 1. The maximum absolute atomic E-state index is 13.6. The molecule has 2 aliphatic heterocycles. The summed E-state index contributed by atoms with van der Waals surface area (Å²) in [7, 11) is 1.63. The predicted molar refractivity (Wildman–Crippen MR) is 169 cm³/mol. The normalized spacial score (nSPS) is 33.0. The summed E-state index contributed by atoms with van der Waals surface area (Å²) in [4.78, 5) is 30.3. The van der Waals surface area contributed by atoms with Crippen molar-refractivity contribution < 1.29 is 29.6 Å². The van der Waals surface area contributed by atoms with E-state index in [1.165, 1.54) is 16.0 Å². The molecule has 1 spiro atoms. The van der Waals surface area contributed by atoms with E-state index in [9.17, 15) is 24.9 Å². The minimum absolute atomic E-state index is 0.100. The van der Waals surface area contributed by atoms with Crippen molar-refractivity contribution in [1.82, 2.24) is 4.90 Å². The van der Waals surface area contributed by atoms with E-state index in [0.717, 1.165) is 32.1 Å². The molecule has 2 heterocycles. The van der Waals surface area contributed by atoms with Gasteiger partial charge in [-0.05, 0) is 97.7 Å². The van der Waals surface area contributed by atoms with Crippen molar-refractivity contribution in [2.45, 2.75) is 69.0 Å². The van der Waals surface area contributed by atoms with Crippen LogP contribution in [0, 0.1) is 17.8 Å². The fourth-order valence-corrected chi connectivity index (χ4v) is 8.25. The van der Waals surface area contributed by atoms with Gasteiger partial charge in [-0.15, -0.1) is 0 Å². The van der Waals surface area contributed by atoms with Gasteiger partial charge in [0.25, 0.3) is 0 Å². The number of aliphatic hydroxyl groups excluding tert-OH is 1. The molecule has 6 atom stereocenters. The molecule has 8 nitrogen and oxygen atoms in total. The third-order valence-corrected chi connectivity index (χ3v) is 11.0. The first kappa shape index (κ1) is 30.9. The molecular weight excluding hydrogens is 580 g/mol. The van der Waals surface area contributed by atoms with E-state index in [0.29, 0.717) is 49.1 Å². The number of fused-ring (bicyclic) bond motifs is 4. The summed E-state index contributed by atoms with van der Waals surface area (Å²) in [5.41, 5.74) is 0.575. The number of carboxylic acids is 1. The van der Waals surface area contributed by atoms with Crippen LogP contribution in [0.2, 0.25) is 5.02 Å². The summed E-state index contributed by atoms with van der Waals surface area (Å²) in [6.07, 6.45) is 8.60. The zero-order chi connectivity index (χ0) is 31.2. The average Bonchev–Trinajstić information content (AvgIpc) is 3.13. The van der Waals surface area contributed by atoms with Crippen LogP contribution in [-0.2, 0) is 27.0 Å². The van der Waals surface area contributed by atoms with Crippen LogP contribution >= 0.6 is 11.6 Å². The van der Waals surface area contributed by atoms with Crippen molar-refractivity contribution in [2.75, 3.05) is 38.2 Å². The number of aryl methyl sites for hydroxylation is 1. The van der Waals surface area contributed by atoms with Gasteiger partial charge in [0.2, 0.25) is 5.91 Å². The molecule has 2 aromatic carbocycles. The Balaban J connectivity index is 1.49. The minimum atomic E-state index is -2.43. The van der Waals surface area contributed by atoms with Gasteiger partial charge in [-0.2, -0.15) is 0 Å². The van der Waals surface area contributed by atoms with E-state index in [1.54, 1.807) is 32.2 Å². The number of anilines is 1. The molecule has 0 unspecified atom stereocenters. The highest BCUT2D eigenvalue weighted by atomic mass is 35.5. The quantitative estimate of drug-likeness (QED) is 0.408. The lowest BCUT2D eigenvalue weighted by Gasteiger charge is -2.45. The molecule has 0 radical (unpaired) electrons. The smallest absolute Gasteiger partial charge is 0.341 e. The molecule has 4 aliphatic rings. The van der Waals surface area contributed by atoms with Gasteiger partial charge >= 0.3 is 5.97 Å². The van der Waals surface area contributed by atoms with Gasteiger partial charge < -0.3 is 29.9 Å². The van der Waals surface area contributed by atoms with Crippen molar-refractivity contribution in [2.24, 2.45) is 17.8 Å². The Bertz CT molecular complexity index is 1460. The first-order valence-electron chi connectivity index (χ1n) is 15.9. The second kappa shape index (κ2) is 12.0. The second-order valence-corrected chi connectivity index (χ2v) is 13.7. The highest BCUT2D eigenvalue weighted by Gasteiger charge is 2.51. The number of aliphatic hydroxyl groups is 2. The van der Waals surface area contributed by atoms with E-state index in [-0.39, 0.29) is 29.2 Å². The van der Waals surface area contributed by atoms with Crippen LogP contribution in [-0.4, -0.2) is 71.5 Å². The first-order chi connectivity index (χ1) is 21.1. The molecule has 0 aromatic heterocycles. The van der Waals surface area contributed by atoms with Gasteiger partial charge in [-0.25, -0.2) is 4.79 Å². The molecular formula is C35H43ClN2O6. The maximum Gasteiger partial charge on any atom is 0.341 e. The average molecular weight is 623 g/mol. The van der Waals surface area contributed by atoms with Gasteiger partial charge in [0, 0.05) is 37.1 Å². The molecule has 1 saturated carbocycles. The molecule has 236 valence electrons. The number of benzene rings is 2. The number of ether oxygens (including phenoxy) is 1. The zero-order valence-electron chi connectivity index (χ0n) is 25.5. The van der Waals surface area contributed by atoms with Crippen LogP contribution < -0.4 is 9.64 Å². The molecule has 9 heteroatoms. The second-order valence-electron chi connectivity index (χ2n) is 13.3. The zero-order valence-corrected chi connectivity index (χ0v) is 26.3. The Kier molecular flexibility index (Phi) is 8.46. The fraction of sp³-hybridized carbons (Fsp3) is 0.543. The number of amides is 1. The van der Waals surface area contributed by atoms with Crippen LogP contribution in [0.3, 0.4) is 0 Å². The Morgan fingerprint density at radius 1 is 1.18 bits per heavy atom. The van der Waals surface area contributed by atoms with E-state index in [2.05, 4.69) is 17.0 Å². The van der Waals surface area contributed by atoms with Crippen molar-refractivity contribution in [1.29, 1.82) is 0 Å². The summed E-state index contributed by atoms with van der Waals surface area (Å²) < 4.78 is 6.58. The SMILES string of the molecule is CC[C@H]1C(=O)N(C)CC/C=C/[C@H](O)[C@@H]2CC[C@H]2CN2C[C@@]3(CCCc4cc(Cl)ccc43)COc3ccc(cc32)[C@@]1(O)C(=O)O. The standard InChI is InChI=1S/C35H43ClN2O6/c1-3-27-32(40)37(2)16-5-4-8-30(39)26-12-9-23(26)19-38-20-34(15-6-7-22-17-25(36)11-13-28(22)34)21-44-31-14-10-24(18-29(31)38)35(27,43)33(41)42/h4,8,10-11,13-14,17-18,23,26-27,30,39,43H,3,5-7,9,12,15-16,19-21H2,1-2H3,(H,41,42)/b8-4+/t23-,26+,27-,30-,34-,35-/m0/s1. The maximum atomic E-state index is 13.6. The van der Waals surface area contributed by atoms with Crippen LogP contribution in [0.1, 0.15) is 62.1 Å². The van der Waals surface area contributed by atoms with Gasteiger partial charge in [0.05, 0.1) is 24.3 Å². The number of halogens is 1. The number of hydrogen-bond donors (Lipinski definition) is 3. The van der Waals surface area contributed by atoms with Crippen LogP contribution in [0.25, 0.3) is 0 Å². The first-order valence-corrected chi connectivity index (χ1v) is 16.3. The topological polar surface area (TPSA) is 111 Å². The Morgan fingerprint density at radius 3 is 2.73 bits per heavy atom. The largest absolute Gasteiger partial charge is 0.490 e. The summed E-state index contributed by atoms with van der Waals surface area (Å²) in [5, 5.41) is 34.3. The summed E-state index contributed by atoms with van der Waals surface area (Å²) in [6.45, 7) is 3.82. The lowest BCUT2D eigenvalue weighted by atomic mass is 9.68. The number of hydrogen-bond acceptors (Lipinski definition) is 6. The number of carboxylic acid groups (broad SMARTS) is 1. The van der Waals surface area contributed by atoms with Crippen molar-refractivity contribution in [3.8, 4) is 5.75 Å². The molecule has 3 N–H and O–H groups in total. The van der Waals surface area contributed by atoms with Gasteiger partial charge in [0.1, 0.15) is 5.75 Å². The van der Waals surface area contributed by atoms with Gasteiger partial charge in [-0.3, -0.25) is 4.79 Å². The number of rotatable bonds is 2. The van der Waals surface area contributed by atoms with E-state index in [1.807, 2.05) is 18.2 Å². The number of carbonyl (C=O) groups excluding carboxylic acids is 1. The Labute approximate surface area is 264 Å². The lowest BCUT2D eigenvalue weighted by molar-refractivity contribution is -0.173. The highest BCUT2D eigenvalue weighted by Crippen LogP contribution is 2.48. The third kappa shape index (κ3) is 5.29. The lowest BCUT2D eigenvalue weighted by Crippen LogP contribution is -2.51. The Hall–Kier alpha value is -3.07.